The van der Waals surface area contributed by atoms with Gasteiger partial charge < -0.3 is 4.84 Å². The molecule has 0 spiro atoms. The van der Waals surface area contributed by atoms with Gasteiger partial charge in [0.25, 0.3) is 0 Å². The monoisotopic (exact) mass is 239 g/mol. The molecule has 1 aliphatic carbocycles. The van der Waals surface area contributed by atoms with Crippen molar-refractivity contribution in [3.05, 3.63) is 0 Å². The second-order valence-electron chi connectivity index (χ2n) is 5.86. The first-order valence-corrected chi connectivity index (χ1v) is 7.33. The van der Waals surface area contributed by atoms with Gasteiger partial charge in [-0.15, -0.1) is 0 Å². The highest BCUT2D eigenvalue weighted by Gasteiger charge is 2.27. The number of rotatable bonds is 6. The summed E-state index contributed by atoms with van der Waals surface area (Å²) in [5.41, 5.74) is 1.32. The zero-order valence-electron chi connectivity index (χ0n) is 12.0. The van der Waals surface area contributed by atoms with Crippen molar-refractivity contribution in [1.29, 1.82) is 0 Å². The van der Waals surface area contributed by atoms with Crippen LogP contribution in [0.15, 0.2) is 5.16 Å². The lowest BCUT2D eigenvalue weighted by Gasteiger charge is -2.30. The van der Waals surface area contributed by atoms with Crippen LogP contribution in [0.2, 0.25) is 0 Å². The Kier molecular flexibility index (Phi) is 6.61. The molecule has 2 atom stereocenters. The number of hydrogen-bond donors (Lipinski definition) is 0. The summed E-state index contributed by atoms with van der Waals surface area (Å²) < 4.78 is 0. The molecule has 1 rings (SSSR count). The Morgan fingerprint density at radius 2 is 2.06 bits per heavy atom. The largest absolute Gasteiger partial charge is 0.396 e. The van der Waals surface area contributed by atoms with Crippen LogP contribution in [0.5, 0.6) is 0 Å². The summed E-state index contributed by atoms with van der Waals surface area (Å²) in [4.78, 5) is 5.49. The average Bonchev–Trinajstić information content (AvgIpc) is 2.28. The van der Waals surface area contributed by atoms with Gasteiger partial charge in [-0.25, -0.2) is 0 Å². The Bertz CT molecular complexity index is 235. The number of hydrogen-bond acceptors (Lipinski definition) is 2. The summed E-state index contributed by atoms with van der Waals surface area (Å²) in [5.74, 6) is 2.13. The Hall–Kier alpha value is -0.530. The molecule has 100 valence electrons. The summed E-state index contributed by atoms with van der Waals surface area (Å²) in [6, 6.07) is 0. The third kappa shape index (κ3) is 5.10. The van der Waals surface area contributed by atoms with Crippen molar-refractivity contribution >= 4 is 5.71 Å². The third-order valence-corrected chi connectivity index (χ3v) is 3.78. The fraction of sp³-hybridized carbons (Fsp3) is 0.933. The summed E-state index contributed by atoms with van der Waals surface area (Å²) in [6.45, 7) is 9.92. The van der Waals surface area contributed by atoms with Crippen molar-refractivity contribution in [3.63, 3.8) is 0 Å². The van der Waals surface area contributed by atoms with Crippen LogP contribution in [0.3, 0.4) is 0 Å². The van der Waals surface area contributed by atoms with E-state index in [0.29, 0.717) is 11.8 Å². The van der Waals surface area contributed by atoms with E-state index >= 15 is 0 Å². The summed E-state index contributed by atoms with van der Waals surface area (Å²) >= 11 is 0. The molecular formula is C15H29NO. The van der Waals surface area contributed by atoms with E-state index in [0.717, 1.165) is 25.4 Å². The molecule has 1 saturated carbocycles. The summed E-state index contributed by atoms with van der Waals surface area (Å²) in [6.07, 6.45) is 7.39. The average molecular weight is 239 g/mol. The highest BCUT2D eigenvalue weighted by molar-refractivity contribution is 5.87. The van der Waals surface area contributed by atoms with Crippen LogP contribution >= 0.6 is 0 Å². The van der Waals surface area contributed by atoms with Crippen LogP contribution in [0.25, 0.3) is 0 Å². The predicted molar refractivity (Wildman–Crippen MR) is 74.3 cm³/mol. The molecule has 0 N–H and O–H groups in total. The quantitative estimate of drug-likeness (QED) is 0.488. The first-order chi connectivity index (χ1) is 8.15. The molecule has 2 heteroatoms. The molecule has 17 heavy (non-hydrogen) atoms. The predicted octanol–water partition coefficient (Wildman–Crippen LogP) is 4.64. The molecule has 1 fully saturated rings. The van der Waals surface area contributed by atoms with Crippen molar-refractivity contribution < 1.29 is 4.84 Å². The molecule has 0 aromatic rings. The Labute approximate surface area is 107 Å². The molecule has 0 saturated heterocycles. The van der Waals surface area contributed by atoms with Gasteiger partial charge in [-0.05, 0) is 37.5 Å². The smallest absolute Gasteiger partial charge is 0.117 e. The molecule has 0 aliphatic heterocycles. The molecule has 0 heterocycles. The van der Waals surface area contributed by atoms with Crippen LogP contribution in [-0.4, -0.2) is 12.3 Å². The van der Waals surface area contributed by atoms with E-state index in [1.165, 1.54) is 31.4 Å². The van der Waals surface area contributed by atoms with E-state index < -0.39 is 0 Å². The standard InChI is InChI=1S/C15H29NO/c1-5-6-7-10-17-16-15-11-13(4)8-9-14(15)12(2)3/h12-14H,5-11H2,1-4H3/b16-15-/t13-,14+/m1/s1. The molecule has 0 unspecified atom stereocenters. The maximum Gasteiger partial charge on any atom is 0.117 e. The van der Waals surface area contributed by atoms with Crippen LogP contribution in [-0.2, 0) is 4.84 Å². The molecule has 0 aromatic heterocycles. The number of nitrogens with zero attached hydrogens (tertiary/aromatic N) is 1. The Balaban J connectivity index is 2.42. The van der Waals surface area contributed by atoms with Crippen molar-refractivity contribution in [1.82, 2.24) is 0 Å². The topological polar surface area (TPSA) is 21.6 Å². The highest BCUT2D eigenvalue weighted by Crippen LogP contribution is 2.31. The zero-order valence-corrected chi connectivity index (χ0v) is 12.0. The summed E-state index contributed by atoms with van der Waals surface area (Å²) in [7, 11) is 0. The summed E-state index contributed by atoms with van der Waals surface area (Å²) in [5, 5.41) is 4.42. The minimum absolute atomic E-state index is 0.650. The van der Waals surface area contributed by atoms with Crippen LogP contribution in [0.1, 0.15) is 66.2 Å². The van der Waals surface area contributed by atoms with Crippen LogP contribution in [0.4, 0.5) is 0 Å². The lowest BCUT2D eigenvalue weighted by Crippen LogP contribution is -2.28. The Morgan fingerprint density at radius 3 is 2.71 bits per heavy atom. The van der Waals surface area contributed by atoms with Gasteiger partial charge in [-0.1, -0.05) is 45.7 Å². The van der Waals surface area contributed by atoms with Gasteiger partial charge in [0.05, 0.1) is 5.71 Å². The van der Waals surface area contributed by atoms with E-state index in [-0.39, 0.29) is 0 Å². The minimum atomic E-state index is 0.650. The molecule has 0 bridgehead atoms. The molecular weight excluding hydrogens is 210 g/mol. The Morgan fingerprint density at radius 1 is 1.29 bits per heavy atom. The van der Waals surface area contributed by atoms with Crippen molar-refractivity contribution in [3.8, 4) is 0 Å². The maximum atomic E-state index is 5.49. The van der Waals surface area contributed by atoms with Crippen molar-refractivity contribution in [2.75, 3.05) is 6.61 Å². The molecule has 1 aliphatic rings. The van der Waals surface area contributed by atoms with E-state index in [1.54, 1.807) is 0 Å². The third-order valence-electron chi connectivity index (χ3n) is 3.78. The van der Waals surface area contributed by atoms with Crippen LogP contribution < -0.4 is 0 Å². The highest BCUT2D eigenvalue weighted by atomic mass is 16.6. The molecule has 0 radical (unpaired) electrons. The van der Waals surface area contributed by atoms with E-state index in [9.17, 15) is 0 Å². The lowest BCUT2D eigenvalue weighted by molar-refractivity contribution is 0.134. The first kappa shape index (κ1) is 14.5. The normalized spacial score (nSPS) is 27.7. The second-order valence-corrected chi connectivity index (χ2v) is 5.86. The maximum absolute atomic E-state index is 5.49. The molecule has 0 aromatic carbocycles. The SMILES string of the molecule is CCCCCO/N=C1/C[C@H](C)CC[C@H]1C(C)C. The fourth-order valence-electron chi connectivity index (χ4n) is 2.61. The second kappa shape index (κ2) is 7.73. The first-order valence-electron chi connectivity index (χ1n) is 7.33. The fourth-order valence-corrected chi connectivity index (χ4v) is 2.61. The van der Waals surface area contributed by atoms with Crippen LogP contribution in [0, 0.1) is 17.8 Å². The number of oxime groups is 1. The van der Waals surface area contributed by atoms with Crippen molar-refractivity contribution in [2.45, 2.75) is 66.2 Å². The van der Waals surface area contributed by atoms with E-state index in [4.69, 9.17) is 4.84 Å². The van der Waals surface area contributed by atoms with Gasteiger partial charge in [-0.2, -0.15) is 0 Å². The van der Waals surface area contributed by atoms with Gasteiger partial charge in [0.15, 0.2) is 0 Å². The van der Waals surface area contributed by atoms with Gasteiger partial charge in [-0.3, -0.25) is 0 Å². The van der Waals surface area contributed by atoms with Gasteiger partial charge in [0, 0.05) is 5.92 Å². The van der Waals surface area contributed by atoms with Gasteiger partial charge >= 0.3 is 0 Å². The van der Waals surface area contributed by atoms with Crippen molar-refractivity contribution in [2.24, 2.45) is 22.9 Å². The minimum Gasteiger partial charge on any atom is -0.396 e. The molecule has 0 amide bonds. The molecule has 2 nitrogen and oxygen atoms in total. The zero-order chi connectivity index (χ0) is 12.7. The van der Waals surface area contributed by atoms with E-state index in [1.807, 2.05) is 0 Å². The van der Waals surface area contributed by atoms with Gasteiger partial charge in [0.2, 0.25) is 0 Å². The van der Waals surface area contributed by atoms with Gasteiger partial charge in [0.1, 0.15) is 6.61 Å². The lowest BCUT2D eigenvalue weighted by atomic mass is 9.76. The van der Waals surface area contributed by atoms with E-state index in [2.05, 4.69) is 32.9 Å². The number of unbranched alkanes of at least 4 members (excludes halogenated alkanes) is 2.